The summed E-state index contributed by atoms with van der Waals surface area (Å²) in [6.45, 7) is 0.139. The van der Waals surface area contributed by atoms with Crippen molar-refractivity contribution in [1.29, 1.82) is 0 Å². The molecule has 1 amide bonds. The van der Waals surface area contributed by atoms with Gasteiger partial charge in [-0.05, 0) is 42.3 Å². The Balaban J connectivity index is 1.37. The maximum atomic E-state index is 12.2. The van der Waals surface area contributed by atoms with Gasteiger partial charge in [0.1, 0.15) is 5.69 Å². The Morgan fingerprint density at radius 2 is 1.74 bits per heavy atom. The lowest BCUT2D eigenvalue weighted by atomic mass is 10.1. The van der Waals surface area contributed by atoms with Crippen LogP contribution in [0.15, 0.2) is 97.5 Å². The fraction of sp³-hybridized carbons (Fsp3) is 0.111. The average Bonchev–Trinajstić information content (AvgIpc) is 3.32. The SMILES string of the molecule is O=C(COC(=O)C=Cc1cn(-c2ccccc2)nc1-c1cccnc1)NCCc1ccccc1. The Morgan fingerprint density at radius 3 is 2.47 bits per heavy atom. The van der Waals surface area contributed by atoms with Crippen molar-refractivity contribution in [3.05, 3.63) is 109 Å². The Hall–Kier alpha value is -4.52. The number of para-hydroxylation sites is 1. The highest BCUT2D eigenvalue weighted by molar-refractivity contribution is 5.90. The lowest BCUT2D eigenvalue weighted by molar-refractivity contribution is -0.143. The highest BCUT2D eigenvalue weighted by Crippen LogP contribution is 2.24. The number of esters is 1. The van der Waals surface area contributed by atoms with Crippen LogP contribution in [0.5, 0.6) is 0 Å². The number of hydrogen-bond donors (Lipinski definition) is 1. The molecule has 34 heavy (non-hydrogen) atoms. The summed E-state index contributed by atoms with van der Waals surface area (Å²) in [6.07, 6.45) is 8.87. The Labute approximate surface area is 197 Å². The molecule has 2 aromatic carbocycles. The van der Waals surface area contributed by atoms with Crippen LogP contribution in [0.25, 0.3) is 23.0 Å². The van der Waals surface area contributed by atoms with E-state index in [1.54, 1.807) is 23.2 Å². The van der Waals surface area contributed by atoms with Crippen LogP contribution in [0.4, 0.5) is 0 Å². The summed E-state index contributed by atoms with van der Waals surface area (Å²) in [6, 6.07) is 23.3. The predicted octanol–water partition coefficient (Wildman–Crippen LogP) is 3.85. The van der Waals surface area contributed by atoms with E-state index < -0.39 is 5.97 Å². The highest BCUT2D eigenvalue weighted by Gasteiger charge is 2.11. The first-order chi connectivity index (χ1) is 16.7. The summed E-state index contributed by atoms with van der Waals surface area (Å²) < 4.78 is 6.83. The lowest BCUT2D eigenvalue weighted by Crippen LogP contribution is -2.30. The summed E-state index contributed by atoms with van der Waals surface area (Å²) in [5.74, 6) is -0.951. The van der Waals surface area contributed by atoms with Gasteiger partial charge < -0.3 is 10.1 Å². The number of pyridine rings is 1. The van der Waals surface area contributed by atoms with E-state index >= 15 is 0 Å². The van der Waals surface area contributed by atoms with Crippen LogP contribution in [0, 0.1) is 0 Å². The van der Waals surface area contributed by atoms with Crippen molar-refractivity contribution in [2.24, 2.45) is 0 Å². The Kier molecular flexibility index (Phi) is 7.58. The molecule has 0 unspecified atom stereocenters. The molecule has 0 fully saturated rings. The number of ether oxygens (including phenoxy) is 1. The van der Waals surface area contributed by atoms with Gasteiger partial charge in [-0.15, -0.1) is 0 Å². The minimum Gasteiger partial charge on any atom is -0.452 e. The molecule has 0 aliphatic heterocycles. The summed E-state index contributed by atoms with van der Waals surface area (Å²) in [7, 11) is 0. The van der Waals surface area contributed by atoms with Crippen molar-refractivity contribution in [2.45, 2.75) is 6.42 Å². The van der Waals surface area contributed by atoms with Crippen molar-refractivity contribution < 1.29 is 14.3 Å². The van der Waals surface area contributed by atoms with Gasteiger partial charge in [-0.3, -0.25) is 9.78 Å². The molecule has 170 valence electrons. The molecule has 0 aliphatic rings. The Bertz CT molecular complexity index is 1250. The van der Waals surface area contributed by atoms with E-state index in [0.717, 1.165) is 22.4 Å². The van der Waals surface area contributed by atoms with E-state index in [-0.39, 0.29) is 12.5 Å². The van der Waals surface area contributed by atoms with Gasteiger partial charge in [0.2, 0.25) is 0 Å². The van der Waals surface area contributed by atoms with E-state index in [9.17, 15) is 9.59 Å². The normalized spacial score (nSPS) is 10.8. The van der Waals surface area contributed by atoms with E-state index in [2.05, 4.69) is 15.4 Å². The van der Waals surface area contributed by atoms with Gasteiger partial charge >= 0.3 is 5.97 Å². The third-order valence-corrected chi connectivity index (χ3v) is 5.02. The zero-order chi connectivity index (χ0) is 23.6. The number of rotatable bonds is 9. The molecule has 1 N–H and O–H groups in total. The largest absolute Gasteiger partial charge is 0.452 e. The standard InChI is InChI=1S/C27H24N4O3/c32-25(29-17-15-21-8-3-1-4-9-21)20-34-26(33)14-13-23-19-31(24-11-5-2-6-12-24)30-27(23)22-10-7-16-28-18-22/h1-14,16,18-19H,15,17,20H2,(H,29,32). The van der Waals surface area contributed by atoms with Crippen LogP contribution >= 0.6 is 0 Å². The van der Waals surface area contributed by atoms with Gasteiger partial charge in [0.15, 0.2) is 6.61 Å². The van der Waals surface area contributed by atoms with Crippen molar-refractivity contribution in [3.8, 4) is 16.9 Å². The number of carbonyl (C=O) groups excluding carboxylic acids is 2. The van der Waals surface area contributed by atoms with Crippen LogP contribution in [0.3, 0.4) is 0 Å². The van der Waals surface area contributed by atoms with Crippen LogP contribution in [0.1, 0.15) is 11.1 Å². The molecule has 7 nitrogen and oxygen atoms in total. The number of benzene rings is 2. The first-order valence-corrected chi connectivity index (χ1v) is 10.9. The molecular weight excluding hydrogens is 428 g/mol. The molecule has 2 aromatic heterocycles. The average molecular weight is 453 g/mol. The minimum atomic E-state index is -0.609. The second-order valence-corrected chi connectivity index (χ2v) is 7.48. The number of amides is 1. The maximum Gasteiger partial charge on any atom is 0.331 e. The fourth-order valence-electron chi connectivity index (χ4n) is 3.33. The fourth-order valence-corrected chi connectivity index (χ4v) is 3.33. The highest BCUT2D eigenvalue weighted by atomic mass is 16.5. The number of nitrogens with one attached hydrogen (secondary N) is 1. The van der Waals surface area contributed by atoms with Gasteiger partial charge in [0, 0.05) is 42.3 Å². The molecule has 0 saturated carbocycles. The van der Waals surface area contributed by atoms with Crippen LogP contribution in [-0.4, -0.2) is 39.8 Å². The van der Waals surface area contributed by atoms with Crippen LogP contribution in [0.2, 0.25) is 0 Å². The topological polar surface area (TPSA) is 86.1 Å². The smallest absolute Gasteiger partial charge is 0.331 e. The molecule has 4 rings (SSSR count). The molecule has 2 heterocycles. The van der Waals surface area contributed by atoms with Crippen molar-refractivity contribution in [1.82, 2.24) is 20.1 Å². The minimum absolute atomic E-state index is 0.337. The van der Waals surface area contributed by atoms with Crippen LogP contribution in [-0.2, 0) is 20.7 Å². The Morgan fingerprint density at radius 1 is 0.971 bits per heavy atom. The molecule has 0 saturated heterocycles. The number of hydrogen-bond acceptors (Lipinski definition) is 5. The first-order valence-electron chi connectivity index (χ1n) is 10.9. The third kappa shape index (κ3) is 6.26. The maximum absolute atomic E-state index is 12.2. The van der Waals surface area contributed by atoms with E-state index in [1.165, 1.54) is 6.08 Å². The van der Waals surface area contributed by atoms with E-state index in [1.807, 2.05) is 79.0 Å². The van der Waals surface area contributed by atoms with Gasteiger partial charge in [-0.25, -0.2) is 9.48 Å². The molecular formula is C27H24N4O3. The molecule has 0 bridgehead atoms. The van der Waals surface area contributed by atoms with Gasteiger partial charge in [-0.1, -0.05) is 48.5 Å². The quantitative estimate of drug-likeness (QED) is 0.308. The second kappa shape index (κ2) is 11.4. The van der Waals surface area contributed by atoms with Crippen LogP contribution < -0.4 is 5.32 Å². The van der Waals surface area contributed by atoms with Crippen molar-refractivity contribution >= 4 is 18.0 Å². The molecule has 0 spiro atoms. The van der Waals surface area contributed by atoms with E-state index in [4.69, 9.17) is 4.74 Å². The zero-order valence-electron chi connectivity index (χ0n) is 18.5. The van der Waals surface area contributed by atoms with E-state index in [0.29, 0.717) is 18.7 Å². The van der Waals surface area contributed by atoms with Gasteiger partial charge in [0.05, 0.1) is 5.69 Å². The summed E-state index contributed by atoms with van der Waals surface area (Å²) in [4.78, 5) is 28.4. The molecule has 0 aliphatic carbocycles. The third-order valence-electron chi connectivity index (χ3n) is 5.02. The number of nitrogens with zero attached hydrogens (tertiary/aromatic N) is 3. The predicted molar refractivity (Wildman–Crippen MR) is 130 cm³/mol. The van der Waals surface area contributed by atoms with Gasteiger partial charge in [0.25, 0.3) is 5.91 Å². The first kappa shape index (κ1) is 22.7. The molecule has 0 atom stereocenters. The summed E-state index contributed by atoms with van der Waals surface area (Å²) in [5.41, 5.74) is 4.24. The summed E-state index contributed by atoms with van der Waals surface area (Å²) in [5, 5.41) is 7.42. The summed E-state index contributed by atoms with van der Waals surface area (Å²) >= 11 is 0. The molecule has 7 heteroatoms. The molecule has 0 radical (unpaired) electrons. The number of carbonyl (C=O) groups is 2. The molecule has 4 aromatic rings. The lowest BCUT2D eigenvalue weighted by Gasteiger charge is -2.05. The second-order valence-electron chi connectivity index (χ2n) is 7.48. The van der Waals surface area contributed by atoms with Crippen molar-refractivity contribution in [2.75, 3.05) is 13.2 Å². The van der Waals surface area contributed by atoms with Gasteiger partial charge in [-0.2, -0.15) is 5.10 Å². The monoisotopic (exact) mass is 452 g/mol. The zero-order valence-corrected chi connectivity index (χ0v) is 18.5. The van der Waals surface area contributed by atoms with Crippen molar-refractivity contribution in [3.63, 3.8) is 0 Å². The number of aromatic nitrogens is 3.